The van der Waals surface area contributed by atoms with E-state index in [0.29, 0.717) is 23.0 Å². The van der Waals surface area contributed by atoms with Crippen LogP contribution in [0.2, 0.25) is 0 Å². The van der Waals surface area contributed by atoms with Gasteiger partial charge in [0.1, 0.15) is 0 Å². The zero-order valence-electron chi connectivity index (χ0n) is 11.3. The summed E-state index contributed by atoms with van der Waals surface area (Å²) in [5.74, 6) is -1.05. The van der Waals surface area contributed by atoms with Gasteiger partial charge in [0.25, 0.3) is 0 Å². The molecule has 1 aromatic carbocycles. The minimum atomic E-state index is -1.05. The Kier molecular flexibility index (Phi) is 5.19. The van der Waals surface area contributed by atoms with E-state index in [2.05, 4.69) is 26.6 Å². The number of rotatable bonds is 3. The Bertz CT molecular complexity index is 542. The molecule has 4 N–H and O–H groups in total. The molecule has 0 bridgehead atoms. The van der Waals surface area contributed by atoms with Crippen LogP contribution < -0.4 is 10.6 Å². The fourth-order valence-electron chi connectivity index (χ4n) is 2.32. The molecular formula is C14H17BrN2O4. The van der Waals surface area contributed by atoms with Gasteiger partial charge in [0, 0.05) is 10.5 Å². The predicted molar refractivity (Wildman–Crippen MR) is 81.5 cm³/mol. The number of anilines is 1. The molecule has 2 amide bonds. The van der Waals surface area contributed by atoms with Crippen molar-refractivity contribution in [2.24, 2.45) is 0 Å². The van der Waals surface area contributed by atoms with Crippen molar-refractivity contribution in [2.75, 3.05) is 5.32 Å². The highest BCUT2D eigenvalue weighted by atomic mass is 79.9. The summed E-state index contributed by atoms with van der Waals surface area (Å²) in [4.78, 5) is 22.9. The van der Waals surface area contributed by atoms with Crippen LogP contribution in [0.4, 0.5) is 10.5 Å². The fraction of sp³-hybridized carbons (Fsp3) is 0.429. The summed E-state index contributed by atoms with van der Waals surface area (Å²) in [7, 11) is 0. The first-order valence-corrected chi connectivity index (χ1v) is 7.53. The van der Waals surface area contributed by atoms with E-state index in [-0.39, 0.29) is 23.7 Å². The predicted octanol–water partition coefficient (Wildman–Crippen LogP) is 2.57. The van der Waals surface area contributed by atoms with E-state index in [4.69, 9.17) is 5.11 Å². The highest BCUT2D eigenvalue weighted by Crippen LogP contribution is 2.24. The standard InChI is InChI=1S/C14H17BrN2O4/c15-11-6-1-8(13(19)20)7-12(11)17-14(21)16-9-2-4-10(18)5-3-9/h1,6-7,9-10,18H,2-5H2,(H,19,20)(H2,16,17,21). The molecule has 0 saturated heterocycles. The second-order valence-corrected chi connectivity index (χ2v) is 5.96. The number of hydrogen-bond acceptors (Lipinski definition) is 3. The third-order valence-corrected chi connectivity index (χ3v) is 4.18. The number of amides is 2. The molecule has 1 aromatic rings. The second-order valence-electron chi connectivity index (χ2n) is 5.10. The van der Waals surface area contributed by atoms with Gasteiger partial charge in [-0.25, -0.2) is 9.59 Å². The Morgan fingerprint density at radius 3 is 2.48 bits per heavy atom. The molecular weight excluding hydrogens is 340 g/mol. The number of carbonyl (C=O) groups excluding carboxylic acids is 1. The van der Waals surface area contributed by atoms with E-state index in [1.165, 1.54) is 12.1 Å². The average Bonchev–Trinajstić information content (AvgIpc) is 2.43. The van der Waals surface area contributed by atoms with Gasteiger partial charge in [-0.2, -0.15) is 0 Å². The first-order chi connectivity index (χ1) is 9.95. The van der Waals surface area contributed by atoms with Crippen molar-refractivity contribution in [3.8, 4) is 0 Å². The molecule has 0 radical (unpaired) electrons. The second kappa shape index (κ2) is 6.91. The lowest BCUT2D eigenvalue weighted by molar-refractivity contribution is 0.0697. The molecule has 6 nitrogen and oxygen atoms in total. The lowest BCUT2D eigenvalue weighted by Gasteiger charge is -2.26. The zero-order valence-corrected chi connectivity index (χ0v) is 12.9. The van der Waals surface area contributed by atoms with Crippen molar-refractivity contribution in [1.29, 1.82) is 0 Å². The number of nitrogens with one attached hydrogen (secondary N) is 2. The Labute approximate surface area is 130 Å². The summed E-state index contributed by atoms with van der Waals surface area (Å²) >= 11 is 3.27. The highest BCUT2D eigenvalue weighted by Gasteiger charge is 2.21. The molecule has 21 heavy (non-hydrogen) atoms. The van der Waals surface area contributed by atoms with E-state index in [1.807, 2.05) is 0 Å². The lowest BCUT2D eigenvalue weighted by Crippen LogP contribution is -2.40. The quantitative estimate of drug-likeness (QED) is 0.668. The van der Waals surface area contributed by atoms with Crippen molar-refractivity contribution in [3.63, 3.8) is 0 Å². The molecule has 114 valence electrons. The first-order valence-electron chi connectivity index (χ1n) is 6.74. The van der Waals surface area contributed by atoms with E-state index in [1.54, 1.807) is 6.07 Å². The summed E-state index contributed by atoms with van der Waals surface area (Å²) in [6.07, 6.45) is 2.58. The maximum absolute atomic E-state index is 11.9. The summed E-state index contributed by atoms with van der Waals surface area (Å²) < 4.78 is 0.613. The summed E-state index contributed by atoms with van der Waals surface area (Å²) in [5.41, 5.74) is 0.512. The minimum Gasteiger partial charge on any atom is -0.478 e. The van der Waals surface area contributed by atoms with Gasteiger partial charge in [-0.05, 0) is 59.8 Å². The molecule has 1 aliphatic carbocycles. The SMILES string of the molecule is O=C(Nc1cc(C(=O)O)ccc1Br)NC1CCC(O)CC1. The van der Waals surface area contributed by atoms with Gasteiger partial charge < -0.3 is 20.8 Å². The number of aromatic carboxylic acids is 1. The van der Waals surface area contributed by atoms with Crippen LogP contribution in [0.5, 0.6) is 0 Å². The van der Waals surface area contributed by atoms with Crippen LogP contribution in [-0.4, -0.2) is 34.4 Å². The molecule has 0 aromatic heterocycles. The monoisotopic (exact) mass is 356 g/mol. The number of carboxylic acid groups (broad SMARTS) is 1. The number of aliphatic hydroxyl groups is 1. The van der Waals surface area contributed by atoms with Gasteiger partial charge in [0.2, 0.25) is 0 Å². The van der Waals surface area contributed by atoms with Crippen LogP contribution >= 0.6 is 15.9 Å². The zero-order chi connectivity index (χ0) is 15.4. The summed E-state index contributed by atoms with van der Waals surface area (Å²) in [6.45, 7) is 0. The number of aliphatic hydroxyl groups excluding tert-OH is 1. The van der Waals surface area contributed by atoms with Gasteiger partial charge in [-0.3, -0.25) is 0 Å². The molecule has 1 fully saturated rings. The van der Waals surface area contributed by atoms with Crippen LogP contribution in [0.15, 0.2) is 22.7 Å². The largest absolute Gasteiger partial charge is 0.478 e. The Morgan fingerprint density at radius 1 is 1.19 bits per heavy atom. The number of carboxylic acids is 1. The number of urea groups is 1. The van der Waals surface area contributed by atoms with E-state index in [9.17, 15) is 14.7 Å². The van der Waals surface area contributed by atoms with Gasteiger partial charge >= 0.3 is 12.0 Å². The summed E-state index contributed by atoms with van der Waals surface area (Å²) in [5, 5.41) is 23.9. The van der Waals surface area contributed by atoms with E-state index < -0.39 is 5.97 Å². The number of carbonyl (C=O) groups is 2. The number of benzene rings is 1. The van der Waals surface area contributed by atoms with Crippen LogP contribution in [0.3, 0.4) is 0 Å². The van der Waals surface area contributed by atoms with Crippen molar-refractivity contribution in [3.05, 3.63) is 28.2 Å². The molecule has 7 heteroatoms. The van der Waals surface area contributed by atoms with E-state index in [0.717, 1.165) is 12.8 Å². The van der Waals surface area contributed by atoms with Crippen LogP contribution in [-0.2, 0) is 0 Å². The van der Waals surface area contributed by atoms with Crippen molar-refractivity contribution in [1.82, 2.24) is 5.32 Å². The molecule has 0 heterocycles. The molecule has 1 aliphatic rings. The van der Waals surface area contributed by atoms with Crippen molar-refractivity contribution < 1.29 is 19.8 Å². The van der Waals surface area contributed by atoms with E-state index >= 15 is 0 Å². The van der Waals surface area contributed by atoms with Crippen LogP contribution in [0, 0.1) is 0 Å². The third kappa shape index (κ3) is 4.44. The molecule has 0 atom stereocenters. The molecule has 0 aliphatic heterocycles. The minimum absolute atomic E-state index is 0.0369. The normalized spacial score (nSPS) is 21.6. The average molecular weight is 357 g/mol. The van der Waals surface area contributed by atoms with Gasteiger partial charge in [0.15, 0.2) is 0 Å². The Balaban J connectivity index is 1.96. The topological polar surface area (TPSA) is 98.7 Å². The fourth-order valence-corrected chi connectivity index (χ4v) is 2.66. The van der Waals surface area contributed by atoms with Crippen molar-refractivity contribution in [2.45, 2.75) is 37.8 Å². The molecule has 1 saturated carbocycles. The third-order valence-electron chi connectivity index (χ3n) is 3.49. The van der Waals surface area contributed by atoms with Gasteiger partial charge in [-0.1, -0.05) is 0 Å². The first kappa shape index (κ1) is 15.8. The maximum Gasteiger partial charge on any atom is 0.335 e. The number of hydrogen-bond donors (Lipinski definition) is 4. The van der Waals surface area contributed by atoms with Crippen LogP contribution in [0.25, 0.3) is 0 Å². The molecule has 2 rings (SSSR count). The molecule has 0 spiro atoms. The lowest BCUT2D eigenvalue weighted by atomic mass is 9.93. The van der Waals surface area contributed by atoms with Crippen molar-refractivity contribution >= 4 is 33.6 Å². The summed E-state index contributed by atoms with van der Waals surface area (Å²) in [6, 6.07) is 4.10. The van der Waals surface area contributed by atoms with Gasteiger partial charge in [-0.15, -0.1) is 0 Å². The Morgan fingerprint density at radius 2 is 1.86 bits per heavy atom. The van der Waals surface area contributed by atoms with Crippen LogP contribution in [0.1, 0.15) is 36.0 Å². The number of halogens is 1. The van der Waals surface area contributed by atoms with Gasteiger partial charge in [0.05, 0.1) is 17.4 Å². The molecule has 0 unspecified atom stereocenters. The Hall–Kier alpha value is -1.60. The maximum atomic E-state index is 11.9. The smallest absolute Gasteiger partial charge is 0.335 e. The highest BCUT2D eigenvalue weighted by molar-refractivity contribution is 9.10.